The van der Waals surface area contributed by atoms with Gasteiger partial charge >= 0.3 is 0 Å². The molecule has 0 unspecified atom stereocenters. The second kappa shape index (κ2) is 3.91. The van der Waals surface area contributed by atoms with Gasteiger partial charge in [-0.2, -0.15) is 0 Å². The van der Waals surface area contributed by atoms with E-state index in [4.69, 9.17) is 21.4 Å². The molecule has 0 fully saturated rings. The van der Waals surface area contributed by atoms with Crippen molar-refractivity contribution in [3.63, 3.8) is 0 Å². The third-order valence-electron chi connectivity index (χ3n) is 2.16. The van der Waals surface area contributed by atoms with Gasteiger partial charge in [-0.15, -0.1) is 0 Å². The Labute approximate surface area is 102 Å². The Bertz CT molecular complexity index is 445. The fourth-order valence-corrected chi connectivity index (χ4v) is 2.99. The first kappa shape index (κ1) is 11.7. The minimum absolute atomic E-state index is 0.208. The van der Waals surface area contributed by atoms with Crippen molar-refractivity contribution >= 4 is 41.8 Å². The van der Waals surface area contributed by atoms with Crippen molar-refractivity contribution in [3.8, 4) is 0 Å². The second-order valence-electron chi connectivity index (χ2n) is 3.10. The monoisotopic (exact) mass is 281 g/mol. The van der Waals surface area contributed by atoms with Crippen LogP contribution in [0.3, 0.4) is 0 Å². The molecule has 3 nitrogen and oxygen atoms in total. The molecule has 1 aromatic rings. The van der Waals surface area contributed by atoms with E-state index in [-0.39, 0.29) is 11.1 Å². The number of nitrogens with zero attached hydrogens (tertiary/aromatic N) is 1. The molecule has 0 bridgehead atoms. The van der Waals surface area contributed by atoms with E-state index in [1.165, 1.54) is 12.1 Å². The fourth-order valence-electron chi connectivity index (χ4n) is 1.46. The summed E-state index contributed by atoms with van der Waals surface area (Å²) in [7, 11) is 8.28. The molecule has 2 rings (SSSR count). The first-order valence-corrected chi connectivity index (χ1v) is 7.64. The predicted molar refractivity (Wildman–Crippen MR) is 62.2 cm³/mol. The highest BCUT2D eigenvalue weighted by Crippen LogP contribution is 2.63. The lowest BCUT2D eigenvalue weighted by Gasteiger charge is -2.29. The van der Waals surface area contributed by atoms with E-state index in [1.807, 2.05) is 0 Å². The van der Waals surface area contributed by atoms with Crippen LogP contribution < -0.4 is 0 Å². The number of amides is 2. The molecule has 0 atom stereocenters. The van der Waals surface area contributed by atoms with Crippen LogP contribution in [0, 0.1) is 0 Å². The Kier molecular flexibility index (Phi) is 2.86. The van der Waals surface area contributed by atoms with Crippen LogP contribution >= 0.6 is 30.0 Å². The molecule has 1 aliphatic rings. The molecule has 7 heteroatoms. The van der Waals surface area contributed by atoms with Crippen molar-refractivity contribution in [2.24, 2.45) is 0 Å². The minimum Gasteiger partial charge on any atom is -0.268 e. The second-order valence-corrected chi connectivity index (χ2v) is 8.31. The Balaban J connectivity index is 2.51. The summed E-state index contributed by atoms with van der Waals surface area (Å²) in [6, 6.07) is 5.06. The molecule has 0 aromatic heterocycles. The van der Waals surface area contributed by atoms with Gasteiger partial charge in [0.1, 0.15) is 0 Å². The number of carbonyl (C=O) groups excluding carboxylic acids is 2. The largest absolute Gasteiger partial charge is 0.272 e. The molecular weight excluding hydrogens is 276 g/mol. The Hall–Kier alpha value is -0.780. The van der Waals surface area contributed by atoms with E-state index in [9.17, 15) is 14.0 Å². The molecule has 86 valence electrons. The summed E-state index contributed by atoms with van der Waals surface area (Å²) in [6.45, 7) is 0. The van der Waals surface area contributed by atoms with Crippen LogP contribution in [0.25, 0.3) is 0 Å². The first-order chi connectivity index (χ1) is 7.49. The van der Waals surface area contributed by atoms with Gasteiger partial charge in [-0.1, -0.05) is 12.1 Å². The molecule has 0 N–H and O–H groups in total. The molecule has 0 saturated heterocycles. The Morgan fingerprint density at radius 1 is 1.12 bits per heavy atom. The van der Waals surface area contributed by atoms with E-state index in [0.717, 1.165) is 0 Å². The summed E-state index contributed by atoms with van der Waals surface area (Å²) >= 11 is 0. The number of halogens is 3. The molecule has 0 radical (unpaired) electrons. The number of rotatable bonds is 2. The number of imide groups is 1. The van der Waals surface area contributed by atoms with E-state index in [1.54, 1.807) is 12.1 Å². The molecule has 16 heavy (non-hydrogen) atoms. The number of benzene rings is 1. The summed E-state index contributed by atoms with van der Waals surface area (Å²) in [6.07, 6.45) is 0. The molecule has 0 spiro atoms. The van der Waals surface area contributed by atoms with Crippen molar-refractivity contribution in [1.82, 2.24) is 4.31 Å². The summed E-state index contributed by atoms with van der Waals surface area (Å²) < 4.78 is 13.2. The number of carbonyl (C=O) groups is 2. The maximum absolute atomic E-state index is 12.6. The summed E-state index contributed by atoms with van der Waals surface area (Å²) in [5.41, 5.74) is 0.415. The van der Waals surface area contributed by atoms with Gasteiger partial charge in [0.05, 0.1) is 11.1 Å². The quantitative estimate of drug-likeness (QED) is 0.781. The highest BCUT2D eigenvalue weighted by molar-refractivity contribution is 8.64. The van der Waals surface area contributed by atoms with Crippen molar-refractivity contribution in [3.05, 3.63) is 35.4 Å². The molecule has 0 aliphatic carbocycles. The van der Waals surface area contributed by atoms with E-state index in [2.05, 4.69) is 0 Å². The van der Waals surface area contributed by atoms with Crippen LogP contribution in [0.2, 0.25) is 0 Å². The van der Waals surface area contributed by atoms with Crippen LogP contribution in [-0.2, 0) is 0 Å². The van der Waals surface area contributed by atoms with Gasteiger partial charge in [0.25, 0.3) is 11.8 Å². The molecule has 1 heterocycles. The van der Waals surface area contributed by atoms with Crippen LogP contribution in [0.1, 0.15) is 20.7 Å². The highest BCUT2D eigenvalue weighted by atomic mass is 36.0. The van der Waals surface area contributed by atoms with Crippen molar-refractivity contribution < 1.29 is 14.0 Å². The van der Waals surface area contributed by atoms with E-state index >= 15 is 0 Å². The summed E-state index contributed by atoms with van der Waals surface area (Å²) in [4.78, 5) is 23.6. The smallest absolute Gasteiger partial charge is 0.268 e. The number of alkyl halides is 1. The van der Waals surface area contributed by atoms with Gasteiger partial charge in [0.15, 0.2) is 6.01 Å². The number of hydrogen-bond donors (Lipinski definition) is 0. The first-order valence-electron chi connectivity index (χ1n) is 4.23. The minimum atomic E-state index is -3.05. The Morgan fingerprint density at radius 2 is 1.56 bits per heavy atom. The Morgan fingerprint density at radius 3 is 1.94 bits per heavy atom. The third kappa shape index (κ3) is 1.59. The van der Waals surface area contributed by atoms with Crippen molar-refractivity contribution in [1.29, 1.82) is 0 Å². The maximum Gasteiger partial charge on any atom is 0.272 e. The van der Waals surface area contributed by atoms with Gasteiger partial charge in [0.2, 0.25) is 0 Å². The average molecular weight is 282 g/mol. The van der Waals surface area contributed by atoms with E-state index in [0.29, 0.717) is 4.31 Å². The lowest BCUT2D eigenvalue weighted by Crippen LogP contribution is -2.28. The van der Waals surface area contributed by atoms with Crippen LogP contribution in [0.5, 0.6) is 0 Å². The van der Waals surface area contributed by atoms with Crippen molar-refractivity contribution in [2.75, 3.05) is 6.01 Å². The third-order valence-corrected chi connectivity index (χ3v) is 4.61. The maximum atomic E-state index is 12.6. The molecule has 1 aliphatic heterocycles. The average Bonchev–Trinajstić information content (AvgIpc) is 2.53. The zero-order valence-corrected chi connectivity index (χ0v) is 10.2. The van der Waals surface area contributed by atoms with Crippen molar-refractivity contribution in [2.45, 2.75) is 0 Å². The predicted octanol–water partition coefficient (Wildman–Crippen LogP) is 3.24. The topological polar surface area (TPSA) is 37.4 Å². The molecule has 0 saturated carbocycles. The van der Waals surface area contributed by atoms with E-state index < -0.39 is 26.5 Å². The fraction of sp³-hybridized carbons (Fsp3) is 0.111. The molecule has 2 amide bonds. The lowest BCUT2D eigenvalue weighted by molar-refractivity contribution is 0.0774. The number of fused-ring (bicyclic) bond motifs is 1. The summed E-state index contributed by atoms with van der Waals surface area (Å²) in [5, 5.41) is 0. The molecule has 1 aromatic carbocycles. The van der Waals surface area contributed by atoms with Gasteiger partial charge in [-0.3, -0.25) is 9.59 Å². The van der Waals surface area contributed by atoms with Crippen LogP contribution in [0.4, 0.5) is 4.39 Å². The summed E-state index contributed by atoms with van der Waals surface area (Å²) in [5.74, 6) is -1.28. The standard InChI is InChI=1S/C9H6Cl2FNO2S/c10-16(11,5-12)13-8(14)6-3-1-2-4-7(6)9(13)15/h1-4H,5H2. The lowest BCUT2D eigenvalue weighted by atomic mass is 10.1. The van der Waals surface area contributed by atoms with Gasteiger partial charge in [-0.25, -0.2) is 8.70 Å². The highest BCUT2D eigenvalue weighted by Gasteiger charge is 2.44. The van der Waals surface area contributed by atoms with Crippen LogP contribution in [0.15, 0.2) is 24.3 Å². The van der Waals surface area contributed by atoms with Gasteiger partial charge in [0, 0.05) is 8.64 Å². The number of hydrogen-bond acceptors (Lipinski definition) is 2. The normalized spacial score (nSPS) is 16.6. The zero-order valence-electron chi connectivity index (χ0n) is 7.82. The SMILES string of the molecule is O=C1c2ccccc2C(=O)N1S(Cl)(Cl)CF. The van der Waals surface area contributed by atoms with Crippen LogP contribution in [-0.4, -0.2) is 22.1 Å². The van der Waals surface area contributed by atoms with Gasteiger partial charge < -0.3 is 0 Å². The van der Waals surface area contributed by atoms with Gasteiger partial charge in [-0.05, 0) is 33.5 Å². The zero-order chi connectivity index (χ0) is 11.9. The molecular formula is C9H6Cl2FNO2S.